The molecular formula is C11H9F3N4. The third-order valence-corrected chi connectivity index (χ3v) is 2.23. The topological polar surface area (TPSA) is 77.0 Å². The first-order valence-corrected chi connectivity index (χ1v) is 4.91. The van der Waals surface area contributed by atoms with Crippen LogP contribution in [-0.2, 0) is 0 Å². The van der Waals surface area contributed by atoms with E-state index < -0.39 is 17.5 Å². The normalized spacial score (nSPS) is 10.4. The zero-order chi connectivity index (χ0) is 13.3. The molecule has 4 nitrogen and oxygen atoms in total. The van der Waals surface area contributed by atoms with Crippen molar-refractivity contribution >= 4 is 23.0 Å². The van der Waals surface area contributed by atoms with Crippen molar-refractivity contribution in [1.29, 1.82) is 0 Å². The lowest BCUT2D eigenvalue weighted by Crippen LogP contribution is -2.02. The van der Waals surface area contributed by atoms with E-state index in [1.165, 1.54) is 12.1 Å². The van der Waals surface area contributed by atoms with Gasteiger partial charge in [0.05, 0.1) is 11.4 Å². The molecule has 0 aliphatic carbocycles. The number of nitrogen functional groups attached to an aromatic ring is 2. The van der Waals surface area contributed by atoms with Crippen LogP contribution in [0.1, 0.15) is 0 Å². The van der Waals surface area contributed by atoms with Crippen molar-refractivity contribution in [2.45, 2.75) is 0 Å². The zero-order valence-electron chi connectivity index (χ0n) is 9.05. The second-order valence-electron chi connectivity index (χ2n) is 3.54. The first kappa shape index (κ1) is 12.0. The first-order chi connectivity index (χ1) is 8.47. The largest absolute Gasteiger partial charge is 0.396 e. The molecule has 2 aromatic rings. The Bertz CT molecular complexity index is 601. The molecule has 94 valence electrons. The fraction of sp³-hybridized carbons (Fsp3) is 0. The molecule has 0 fully saturated rings. The monoisotopic (exact) mass is 254 g/mol. The van der Waals surface area contributed by atoms with E-state index in [0.717, 1.165) is 0 Å². The van der Waals surface area contributed by atoms with Gasteiger partial charge in [0, 0.05) is 12.1 Å². The summed E-state index contributed by atoms with van der Waals surface area (Å²) in [5, 5.41) is 2.48. The maximum absolute atomic E-state index is 13.3. The number of pyridine rings is 1. The van der Waals surface area contributed by atoms with Gasteiger partial charge in [0.1, 0.15) is 17.5 Å². The number of nitrogens with two attached hydrogens (primary N) is 2. The summed E-state index contributed by atoms with van der Waals surface area (Å²) in [6.07, 6.45) is 0. The quantitative estimate of drug-likeness (QED) is 0.719. The molecule has 7 heteroatoms. The van der Waals surface area contributed by atoms with Gasteiger partial charge in [0.15, 0.2) is 11.6 Å². The van der Waals surface area contributed by atoms with Crippen LogP contribution in [0.4, 0.5) is 36.2 Å². The fourth-order valence-corrected chi connectivity index (χ4v) is 1.31. The number of nitrogens with one attached hydrogen (secondary N) is 1. The van der Waals surface area contributed by atoms with Crippen molar-refractivity contribution in [2.75, 3.05) is 16.8 Å². The van der Waals surface area contributed by atoms with Crippen molar-refractivity contribution in [1.82, 2.24) is 4.98 Å². The lowest BCUT2D eigenvalue weighted by molar-refractivity contribution is 0.496. The van der Waals surface area contributed by atoms with Crippen LogP contribution in [0.3, 0.4) is 0 Å². The average Bonchev–Trinajstić information content (AvgIpc) is 2.31. The SMILES string of the molecule is Nc1ccc(Nc2cc(F)c(F)cc2F)nc1N. The standard InChI is InChI=1S/C11H9F3N4/c12-5-3-7(14)9(4-6(5)13)17-10-2-1-8(15)11(16)18-10/h1-4H,15H2,(H3,16,17,18). The fourth-order valence-electron chi connectivity index (χ4n) is 1.31. The first-order valence-electron chi connectivity index (χ1n) is 4.91. The Balaban J connectivity index is 2.34. The predicted octanol–water partition coefficient (Wildman–Crippen LogP) is 2.41. The summed E-state index contributed by atoms with van der Waals surface area (Å²) in [7, 11) is 0. The van der Waals surface area contributed by atoms with Crippen LogP contribution in [0.2, 0.25) is 0 Å². The summed E-state index contributed by atoms with van der Waals surface area (Å²) < 4.78 is 39.0. The minimum Gasteiger partial charge on any atom is -0.396 e. The molecule has 0 amide bonds. The molecule has 0 unspecified atom stereocenters. The van der Waals surface area contributed by atoms with Crippen molar-refractivity contribution in [3.05, 3.63) is 41.7 Å². The molecule has 1 aromatic carbocycles. The highest BCUT2D eigenvalue weighted by molar-refractivity contribution is 5.65. The lowest BCUT2D eigenvalue weighted by Gasteiger charge is -2.08. The Morgan fingerprint density at radius 3 is 2.28 bits per heavy atom. The number of nitrogens with zero attached hydrogens (tertiary/aromatic N) is 1. The van der Waals surface area contributed by atoms with Gasteiger partial charge in [-0.1, -0.05) is 0 Å². The van der Waals surface area contributed by atoms with E-state index in [9.17, 15) is 13.2 Å². The molecule has 0 spiro atoms. The van der Waals surface area contributed by atoms with E-state index in [1.807, 2.05) is 0 Å². The number of aromatic nitrogens is 1. The number of hydrogen-bond donors (Lipinski definition) is 3. The molecule has 0 aliphatic heterocycles. The smallest absolute Gasteiger partial charge is 0.161 e. The van der Waals surface area contributed by atoms with Gasteiger partial charge in [-0.05, 0) is 12.1 Å². The molecule has 0 saturated carbocycles. The number of benzene rings is 1. The second-order valence-corrected chi connectivity index (χ2v) is 3.54. The number of rotatable bonds is 2. The molecule has 0 saturated heterocycles. The van der Waals surface area contributed by atoms with Gasteiger partial charge >= 0.3 is 0 Å². The average molecular weight is 254 g/mol. The van der Waals surface area contributed by atoms with Crippen LogP contribution in [0.5, 0.6) is 0 Å². The summed E-state index contributed by atoms with van der Waals surface area (Å²) in [6, 6.07) is 4.03. The maximum atomic E-state index is 13.3. The van der Waals surface area contributed by atoms with Crippen LogP contribution < -0.4 is 16.8 Å². The molecule has 0 radical (unpaired) electrons. The lowest BCUT2D eigenvalue weighted by atomic mass is 10.2. The van der Waals surface area contributed by atoms with Crippen molar-refractivity contribution in [2.24, 2.45) is 0 Å². The Morgan fingerprint density at radius 2 is 1.61 bits per heavy atom. The van der Waals surface area contributed by atoms with E-state index in [-0.39, 0.29) is 23.0 Å². The molecule has 1 aromatic heterocycles. The molecule has 0 bridgehead atoms. The van der Waals surface area contributed by atoms with Gasteiger partial charge in [0.25, 0.3) is 0 Å². The summed E-state index contributed by atoms with van der Waals surface area (Å²) in [5.41, 5.74) is 10.9. The van der Waals surface area contributed by atoms with E-state index in [0.29, 0.717) is 12.1 Å². The Kier molecular flexibility index (Phi) is 2.97. The van der Waals surface area contributed by atoms with Crippen molar-refractivity contribution < 1.29 is 13.2 Å². The van der Waals surface area contributed by atoms with E-state index in [2.05, 4.69) is 10.3 Å². The molecule has 5 N–H and O–H groups in total. The maximum Gasteiger partial charge on any atom is 0.161 e. The second kappa shape index (κ2) is 4.44. The van der Waals surface area contributed by atoms with E-state index >= 15 is 0 Å². The molecule has 0 atom stereocenters. The third kappa shape index (κ3) is 2.29. The third-order valence-electron chi connectivity index (χ3n) is 2.23. The Hall–Kier alpha value is -2.44. The van der Waals surface area contributed by atoms with Gasteiger partial charge in [-0.3, -0.25) is 0 Å². The zero-order valence-corrected chi connectivity index (χ0v) is 9.05. The van der Waals surface area contributed by atoms with Crippen LogP contribution in [0.15, 0.2) is 24.3 Å². The predicted molar refractivity (Wildman–Crippen MR) is 62.7 cm³/mol. The van der Waals surface area contributed by atoms with Gasteiger partial charge < -0.3 is 16.8 Å². The minimum absolute atomic E-state index is 0.0583. The van der Waals surface area contributed by atoms with Crippen LogP contribution >= 0.6 is 0 Å². The Labute approximate surface area is 100 Å². The Morgan fingerprint density at radius 1 is 0.944 bits per heavy atom. The van der Waals surface area contributed by atoms with Crippen LogP contribution in [-0.4, -0.2) is 4.98 Å². The summed E-state index contributed by atoms with van der Waals surface area (Å²) in [6.45, 7) is 0. The minimum atomic E-state index is -1.26. The molecule has 1 heterocycles. The molecule has 18 heavy (non-hydrogen) atoms. The highest BCUT2D eigenvalue weighted by Gasteiger charge is 2.10. The number of halogens is 3. The van der Waals surface area contributed by atoms with Crippen molar-refractivity contribution in [3.8, 4) is 0 Å². The van der Waals surface area contributed by atoms with E-state index in [4.69, 9.17) is 11.5 Å². The van der Waals surface area contributed by atoms with Gasteiger partial charge in [-0.25, -0.2) is 18.2 Å². The van der Waals surface area contributed by atoms with Crippen LogP contribution in [0, 0.1) is 17.5 Å². The molecular weight excluding hydrogens is 245 g/mol. The van der Waals surface area contributed by atoms with E-state index in [1.54, 1.807) is 0 Å². The highest BCUT2D eigenvalue weighted by atomic mass is 19.2. The summed E-state index contributed by atoms with van der Waals surface area (Å²) in [4.78, 5) is 3.82. The molecule has 2 rings (SSSR count). The van der Waals surface area contributed by atoms with Crippen molar-refractivity contribution in [3.63, 3.8) is 0 Å². The van der Waals surface area contributed by atoms with Gasteiger partial charge in [-0.2, -0.15) is 0 Å². The molecule has 0 aliphatic rings. The van der Waals surface area contributed by atoms with Gasteiger partial charge in [-0.15, -0.1) is 0 Å². The summed E-state index contributed by atoms with van der Waals surface area (Å²) >= 11 is 0. The number of hydrogen-bond acceptors (Lipinski definition) is 4. The van der Waals surface area contributed by atoms with Crippen LogP contribution in [0.25, 0.3) is 0 Å². The van der Waals surface area contributed by atoms with Gasteiger partial charge in [0.2, 0.25) is 0 Å². The summed E-state index contributed by atoms with van der Waals surface area (Å²) in [5.74, 6) is -3.13. The number of anilines is 4. The highest BCUT2D eigenvalue weighted by Crippen LogP contribution is 2.23.